The van der Waals surface area contributed by atoms with Gasteiger partial charge in [-0.1, -0.05) is 6.07 Å². The van der Waals surface area contributed by atoms with E-state index in [1.54, 1.807) is 38.8 Å². The summed E-state index contributed by atoms with van der Waals surface area (Å²) in [5.41, 5.74) is 7.68. The van der Waals surface area contributed by atoms with Crippen molar-refractivity contribution in [1.29, 1.82) is 0 Å². The number of primary amides is 1. The van der Waals surface area contributed by atoms with E-state index in [1.807, 2.05) is 18.2 Å². The first-order chi connectivity index (χ1) is 11.8. The highest BCUT2D eigenvalue weighted by Gasteiger charge is 2.22. The van der Waals surface area contributed by atoms with Crippen LogP contribution in [0.25, 0.3) is 10.9 Å². The largest absolute Gasteiger partial charge is 0.496 e. The van der Waals surface area contributed by atoms with Crippen LogP contribution in [0.1, 0.15) is 26.7 Å². The zero-order valence-corrected chi connectivity index (χ0v) is 14.5. The van der Waals surface area contributed by atoms with Crippen molar-refractivity contribution >= 4 is 28.4 Å². The molecule has 3 N–H and O–H groups in total. The van der Waals surface area contributed by atoms with E-state index in [4.69, 9.17) is 10.5 Å². The first kappa shape index (κ1) is 16.6. The van der Waals surface area contributed by atoms with Gasteiger partial charge in [0.2, 0.25) is 0 Å². The zero-order valence-electron chi connectivity index (χ0n) is 14.5. The molecule has 2 amide bonds. The number of carbonyl (C=O) groups is 2. The van der Waals surface area contributed by atoms with Crippen molar-refractivity contribution in [2.75, 3.05) is 12.4 Å². The lowest BCUT2D eigenvalue weighted by molar-refractivity contribution is 0.0992. The molecule has 0 aliphatic rings. The highest BCUT2D eigenvalue weighted by Crippen LogP contribution is 2.29. The van der Waals surface area contributed by atoms with Gasteiger partial charge in [-0.2, -0.15) is 5.10 Å². The molecule has 0 saturated carbocycles. The van der Waals surface area contributed by atoms with Crippen molar-refractivity contribution in [2.45, 2.75) is 6.92 Å². The lowest BCUT2D eigenvalue weighted by Gasteiger charge is -2.07. The smallest absolute Gasteiger partial charge is 0.272 e. The summed E-state index contributed by atoms with van der Waals surface area (Å²) in [6.45, 7) is 1.70. The van der Waals surface area contributed by atoms with E-state index in [9.17, 15) is 9.59 Å². The molecule has 0 aliphatic carbocycles. The Balaban J connectivity index is 2.05. The number of nitrogens with two attached hydrogens (primary N) is 1. The summed E-state index contributed by atoms with van der Waals surface area (Å²) in [5, 5.41) is 7.73. The Hall–Kier alpha value is -3.29. The molecule has 130 valence electrons. The van der Waals surface area contributed by atoms with E-state index in [2.05, 4.69) is 10.4 Å². The van der Waals surface area contributed by atoms with Crippen LogP contribution in [0, 0.1) is 6.92 Å². The second kappa shape index (κ2) is 5.97. The number of benzene rings is 1. The first-order valence-corrected chi connectivity index (χ1v) is 7.62. The fourth-order valence-electron chi connectivity index (χ4n) is 3.00. The molecule has 0 bridgehead atoms. The van der Waals surface area contributed by atoms with Gasteiger partial charge in [-0.25, -0.2) is 0 Å². The molecule has 0 spiro atoms. The summed E-state index contributed by atoms with van der Waals surface area (Å²) < 4.78 is 8.47. The van der Waals surface area contributed by atoms with Crippen molar-refractivity contribution in [2.24, 2.45) is 19.8 Å². The lowest BCUT2D eigenvalue weighted by atomic mass is 10.2. The minimum Gasteiger partial charge on any atom is -0.496 e. The number of fused-ring (bicyclic) bond motifs is 1. The molecule has 25 heavy (non-hydrogen) atoms. The second-order valence-electron chi connectivity index (χ2n) is 5.73. The van der Waals surface area contributed by atoms with E-state index >= 15 is 0 Å². The normalized spacial score (nSPS) is 10.9. The molecule has 0 fully saturated rings. The summed E-state index contributed by atoms with van der Waals surface area (Å²) >= 11 is 0. The average molecular weight is 341 g/mol. The van der Waals surface area contributed by atoms with Crippen molar-refractivity contribution in [1.82, 2.24) is 14.3 Å². The molecular formula is C17H19N5O3. The van der Waals surface area contributed by atoms with Gasteiger partial charge in [-0.05, 0) is 25.1 Å². The summed E-state index contributed by atoms with van der Waals surface area (Å²) in [6.07, 6.45) is 0. The molecule has 8 heteroatoms. The fourth-order valence-corrected chi connectivity index (χ4v) is 3.00. The molecule has 8 nitrogen and oxygen atoms in total. The Labute approximate surface area is 144 Å². The number of amides is 2. The SMILES string of the molecule is COc1cccc2c1cc(C(=O)Nc1c(C)nn(C)c1C(N)=O)n2C. The fraction of sp³-hybridized carbons (Fsp3) is 0.235. The van der Waals surface area contributed by atoms with Crippen LogP contribution in [0.15, 0.2) is 24.3 Å². The Morgan fingerprint density at radius 3 is 2.64 bits per heavy atom. The highest BCUT2D eigenvalue weighted by molar-refractivity contribution is 6.10. The third-order valence-corrected chi connectivity index (χ3v) is 4.19. The Morgan fingerprint density at radius 2 is 2.00 bits per heavy atom. The molecule has 0 aliphatic heterocycles. The van der Waals surface area contributed by atoms with Crippen LogP contribution in [0.2, 0.25) is 0 Å². The average Bonchev–Trinajstić information content (AvgIpc) is 3.04. The molecule has 1 aromatic carbocycles. The van der Waals surface area contributed by atoms with Crippen LogP contribution in [-0.2, 0) is 14.1 Å². The second-order valence-corrected chi connectivity index (χ2v) is 5.73. The van der Waals surface area contributed by atoms with Gasteiger partial charge in [0.05, 0.1) is 24.0 Å². The number of rotatable bonds is 4. The zero-order chi connectivity index (χ0) is 18.3. The maximum atomic E-state index is 12.8. The Bertz CT molecular complexity index is 1000. The van der Waals surface area contributed by atoms with Gasteiger partial charge >= 0.3 is 0 Å². The van der Waals surface area contributed by atoms with Crippen LogP contribution in [0.4, 0.5) is 5.69 Å². The van der Waals surface area contributed by atoms with Gasteiger partial charge in [0.1, 0.15) is 17.1 Å². The van der Waals surface area contributed by atoms with E-state index in [1.165, 1.54) is 4.68 Å². The van der Waals surface area contributed by atoms with E-state index in [0.717, 1.165) is 10.9 Å². The molecular weight excluding hydrogens is 322 g/mol. The van der Waals surface area contributed by atoms with Crippen LogP contribution >= 0.6 is 0 Å². The Kier molecular flexibility index (Phi) is 3.96. The minimum atomic E-state index is -0.655. The number of ether oxygens (including phenoxy) is 1. The first-order valence-electron chi connectivity index (χ1n) is 7.62. The molecule has 2 aromatic heterocycles. The number of anilines is 1. The van der Waals surface area contributed by atoms with Gasteiger partial charge in [0.15, 0.2) is 0 Å². The van der Waals surface area contributed by atoms with Crippen molar-refractivity contribution < 1.29 is 14.3 Å². The van der Waals surface area contributed by atoms with Gasteiger partial charge in [-0.15, -0.1) is 0 Å². The van der Waals surface area contributed by atoms with Gasteiger partial charge in [0, 0.05) is 19.5 Å². The van der Waals surface area contributed by atoms with Crippen molar-refractivity contribution in [3.63, 3.8) is 0 Å². The summed E-state index contributed by atoms with van der Waals surface area (Å²) in [4.78, 5) is 24.4. The number of methoxy groups -OCH3 is 1. The maximum absolute atomic E-state index is 12.8. The topological polar surface area (TPSA) is 104 Å². The number of nitrogens with zero attached hydrogens (tertiary/aromatic N) is 3. The molecule has 3 rings (SSSR count). The number of aryl methyl sites for hydroxylation is 3. The Morgan fingerprint density at radius 1 is 1.28 bits per heavy atom. The van der Waals surface area contributed by atoms with E-state index < -0.39 is 5.91 Å². The lowest BCUT2D eigenvalue weighted by Crippen LogP contribution is -2.21. The van der Waals surface area contributed by atoms with Gasteiger partial charge in [0.25, 0.3) is 11.8 Å². The quantitative estimate of drug-likeness (QED) is 0.752. The van der Waals surface area contributed by atoms with Crippen molar-refractivity contribution in [3.05, 3.63) is 41.3 Å². The predicted octanol–water partition coefficient (Wildman–Crippen LogP) is 1.58. The molecule has 2 heterocycles. The van der Waals surface area contributed by atoms with Gasteiger partial charge < -0.3 is 20.4 Å². The molecule has 0 radical (unpaired) electrons. The van der Waals surface area contributed by atoms with Crippen LogP contribution in [0.3, 0.4) is 0 Å². The summed E-state index contributed by atoms with van der Waals surface area (Å²) in [6, 6.07) is 7.34. The van der Waals surface area contributed by atoms with E-state index in [0.29, 0.717) is 22.8 Å². The number of aromatic nitrogens is 3. The third-order valence-electron chi connectivity index (χ3n) is 4.19. The number of carbonyl (C=O) groups excluding carboxylic acids is 2. The minimum absolute atomic E-state index is 0.155. The molecule has 0 saturated heterocycles. The van der Waals surface area contributed by atoms with Crippen LogP contribution in [0.5, 0.6) is 5.75 Å². The number of hydrogen-bond donors (Lipinski definition) is 2. The monoisotopic (exact) mass is 341 g/mol. The van der Waals surface area contributed by atoms with Crippen molar-refractivity contribution in [3.8, 4) is 5.75 Å². The predicted molar refractivity (Wildman–Crippen MR) is 93.9 cm³/mol. The van der Waals surface area contributed by atoms with Crippen LogP contribution < -0.4 is 15.8 Å². The molecule has 0 unspecified atom stereocenters. The molecule has 0 atom stereocenters. The third kappa shape index (κ3) is 2.61. The standard InChI is InChI=1S/C17H19N5O3/c1-9-14(15(16(18)23)22(3)20-9)19-17(24)12-8-10-11(21(12)2)6-5-7-13(10)25-4/h5-8H,1-4H3,(H2,18,23)(H,19,24). The number of nitrogens with one attached hydrogen (secondary N) is 1. The summed E-state index contributed by atoms with van der Waals surface area (Å²) in [5.74, 6) is -0.334. The number of hydrogen-bond acceptors (Lipinski definition) is 4. The maximum Gasteiger partial charge on any atom is 0.272 e. The summed E-state index contributed by atoms with van der Waals surface area (Å²) in [7, 11) is 4.98. The van der Waals surface area contributed by atoms with Gasteiger partial charge in [-0.3, -0.25) is 14.3 Å². The highest BCUT2D eigenvalue weighted by atomic mass is 16.5. The molecule has 3 aromatic rings. The van der Waals surface area contributed by atoms with Crippen LogP contribution in [-0.4, -0.2) is 33.3 Å². The van der Waals surface area contributed by atoms with E-state index in [-0.39, 0.29) is 11.6 Å².